The number of aromatic nitrogens is 2. The molecule has 1 aliphatic heterocycles. The third-order valence-electron chi connectivity index (χ3n) is 5.71. The molecule has 5 nitrogen and oxygen atoms in total. The van der Waals surface area contributed by atoms with Crippen LogP contribution in [0.1, 0.15) is 21.5 Å². The lowest BCUT2D eigenvalue weighted by molar-refractivity contribution is 0.0929. The van der Waals surface area contributed by atoms with Crippen molar-refractivity contribution in [2.75, 3.05) is 17.7 Å². The van der Waals surface area contributed by atoms with Gasteiger partial charge in [-0.15, -0.1) is 0 Å². The molecule has 0 aliphatic carbocycles. The van der Waals surface area contributed by atoms with Gasteiger partial charge >= 0.3 is 0 Å². The van der Waals surface area contributed by atoms with Crippen LogP contribution in [0.3, 0.4) is 0 Å². The molecular weight excluding hydrogens is 372 g/mol. The van der Waals surface area contributed by atoms with Gasteiger partial charge in [0.2, 0.25) is 5.78 Å². The second kappa shape index (κ2) is 6.81. The minimum absolute atomic E-state index is 0.116. The zero-order valence-corrected chi connectivity index (χ0v) is 16.5. The Morgan fingerprint density at radius 3 is 1.80 bits per heavy atom. The molecule has 30 heavy (non-hydrogen) atoms. The summed E-state index contributed by atoms with van der Waals surface area (Å²) in [5.41, 5.74) is 8.23. The zero-order chi connectivity index (χ0) is 20.7. The van der Waals surface area contributed by atoms with Crippen molar-refractivity contribution < 1.29 is 4.79 Å². The van der Waals surface area contributed by atoms with E-state index in [4.69, 9.17) is 10.7 Å². The van der Waals surface area contributed by atoms with Gasteiger partial charge in [0.05, 0.1) is 0 Å². The van der Waals surface area contributed by atoms with E-state index < -0.39 is 5.54 Å². The summed E-state index contributed by atoms with van der Waals surface area (Å²) in [4.78, 5) is 25.2. The van der Waals surface area contributed by atoms with Gasteiger partial charge in [-0.05, 0) is 11.1 Å². The summed E-state index contributed by atoms with van der Waals surface area (Å²) in [6.45, 7) is 0. The molecule has 1 aromatic heterocycles. The first-order valence-corrected chi connectivity index (χ1v) is 9.76. The molecule has 0 fully saturated rings. The number of rotatable bonds is 3. The number of hydrogen-bond donors (Lipinski definition) is 1. The van der Waals surface area contributed by atoms with Crippen LogP contribution >= 0.6 is 0 Å². The van der Waals surface area contributed by atoms with E-state index in [1.807, 2.05) is 103 Å². The SMILES string of the molecule is CN1c2nc(-c3ccccc3)nc(N)c2C(=O)C1(c1ccccc1)c1ccccc1. The quantitative estimate of drug-likeness (QED) is 0.563. The molecule has 0 spiro atoms. The Morgan fingerprint density at radius 1 is 0.767 bits per heavy atom. The second-order valence-corrected chi connectivity index (χ2v) is 7.33. The molecule has 2 N–H and O–H groups in total. The summed E-state index contributed by atoms with van der Waals surface area (Å²) in [5.74, 6) is 1.13. The Hall–Kier alpha value is -3.99. The first kappa shape index (κ1) is 18.1. The second-order valence-electron chi connectivity index (χ2n) is 7.33. The van der Waals surface area contributed by atoms with Crippen molar-refractivity contribution in [3.63, 3.8) is 0 Å². The Balaban J connectivity index is 1.78. The Morgan fingerprint density at radius 2 is 1.27 bits per heavy atom. The maximum Gasteiger partial charge on any atom is 0.205 e. The number of Topliss-reactive ketones (excluding diaryl/α,β-unsaturated/α-hetero) is 1. The first-order chi connectivity index (χ1) is 14.6. The van der Waals surface area contributed by atoms with Gasteiger partial charge in [-0.3, -0.25) is 4.79 Å². The van der Waals surface area contributed by atoms with Crippen LogP contribution in [-0.2, 0) is 5.54 Å². The molecule has 1 aliphatic rings. The van der Waals surface area contributed by atoms with Crippen molar-refractivity contribution in [3.05, 3.63) is 108 Å². The third-order valence-corrected chi connectivity index (χ3v) is 5.71. The van der Waals surface area contributed by atoms with Crippen molar-refractivity contribution in [3.8, 4) is 11.4 Å². The fourth-order valence-electron chi connectivity index (χ4n) is 4.31. The molecule has 5 heteroatoms. The number of ketones is 1. The number of nitrogens with two attached hydrogens (primary N) is 1. The molecule has 5 rings (SSSR count). The van der Waals surface area contributed by atoms with Gasteiger partial charge in [0.1, 0.15) is 17.2 Å². The molecular formula is C25H20N4O. The zero-order valence-electron chi connectivity index (χ0n) is 16.5. The number of carbonyl (C=O) groups is 1. The van der Waals surface area contributed by atoms with Gasteiger partial charge in [0.15, 0.2) is 11.4 Å². The highest BCUT2D eigenvalue weighted by atomic mass is 16.1. The molecule has 0 unspecified atom stereocenters. The van der Waals surface area contributed by atoms with Crippen LogP contribution in [-0.4, -0.2) is 22.8 Å². The smallest absolute Gasteiger partial charge is 0.205 e. The van der Waals surface area contributed by atoms with Crippen LogP contribution in [0.2, 0.25) is 0 Å². The predicted molar refractivity (Wildman–Crippen MR) is 118 cm³/mol. The van der Waals surface area contributed by atoms with Gasteiger partial charge < -0.3 is 10.6 Å². The van der Waals surface area contributed by atoms with E-state index in [0.717, 1.165) is 16.7 Å². The topological polar surface area (TPSA) is 72.1 Å². The Bertz CT molecular complexity index is 1180. The summed E-state index contributed by atoms with van der Waals surface area (Å²) in [6, 6.07) is 29.2. The summed E-state index contributed by atoms with van der Waals surface area (Å²) < 4.78 is 0. The molecule has 0 saturated carbocycles. The lowest BCUT2D eigenvalue weighted by Gasteiger charge is -2.36. The average molecular weight is 392 g/mol. The fraction of sp³-hybridized carbons (Fsp3) is 0.0800. The predicted octanol–water partition coefficient (Wildman–Crippen LogP) is 4.30. The van der Waals surface area contributed by atoms with Crippen LogP contribution in [0.15, 0.2) is 91.0 Å². The molecule has 0 atom stereocenters. The first-order valence-electron chi connectivity index (χ1n) is 9.76. The molecule has 0 bridgehead atoms. The molecule has 0 amide bonds. The summed E-state index contributed by atoms with van der Waals surface area (Å²) in [6.07, 6.45) is 0. The van der Waals surface area contributed by atoms with E-state index >= 15 is 0 Å². The highest BCUT2D eigenvalue weighted by Crippen LogP contribution is 2.49. The highest BCUT2D eigenvalue weighted by molar-refractivity contribution is 6.18. The number of nitrogens with zero attached hydrogens (tertiary/aromatic N) is 3. The minimum atomic E-state index is -1.05. The van der Waals surface area contributed by atoms with Gasteiger partial charge in [-0.25, -0.2) is 9.97 Å². The molecule has 4 aromatic rings. The molecule has 2 heterocycles. The number of likely N-dealkylation sites (N-methyl/N-ethyl adjacent to an activating group) is 1. The normalized spacial score (nSPS) is 14.6. The summed E-state index contributed by atoms with van der Waals surface area (Å²) >= 11 is 0. The van der Waals surface area contributed by atoms with Crippen molar-refractivity contribution in [2.45, 2.75) is 5.54 Å². The van der Waals surface area contributed by atoms with Crippen molar-refractivity contribution in [1.82, 2.24) is 9.97 Å². The number of carbonyl (C=O) groups excluding carboxylic acids is 1. The Labute approximate surface area is 174 Å². The monoisotopic (exact) mass is 392 g/mol. The van der Waals surface area contributed by atoms with Crippen molar-refractivity contribution >= 4 is 17.4 Å². The van der Waals surface area contributed by atoms with E-state index in [0.29, 0.717) is 17.2 Å². The molecule has 0 saturated heterocycles. The molecule has 0 radical (unpaired) electrons. The third kappa shape index (κ3) is 2.45. The maximum atomic E-state index is 14.0. The van der Waals surface area contributed by atoms with E-state index in [-0.39, 0.29) is 11.6 Å². The van der Waals surface area contributed by atoms with E-state index in [9.17, 15) is 4.79 Å². The van der Waals surface area contributed by atoms with Crippen LogP contribution in [0, 0.1) is 0 Å². The van der Waals surface area contributed by atoms with Gasteiger partial charge in [-0.1, -0.05) is 91.0 Å². The fourth-order valence-corrected chi connectivity index (χ4v) is 4.31. The molecule has 3 aromatic carbocycles. The van der Waals surface area contributed by atoms with Crippen LogP contribution < -0.4 is 10.6 Å². The van der Waals surface area contributed by atoms with Crippen LogP contribution in [0.4, 0.5) is 11.6 Å². The number of nitrogen functional groups attached to an aromatic ring is 1. The van der Waals surface area contributed by atoms with Gasteiger partial charge in [-0.2, -0.15) is 0 Å². The maximum absolute atomic E-state index is 14.0. The van der Waals surface area contributed by atoms with Crippen molar-refractivity contribution in [1.29, 1.82) is 0 Å². The summed E-state index contributed by atoms with van der Waals surface area (Å²) in [7, 11) is 1.89. The number of benzene rings is 3. The van der Waals surface area contributed by atoms with Crippen molar-refractivity contribution in [2.24, 2.45) is 0 Å². The van der Waals surface area contributed by atoms with E-state index in [1.54, 1.807) is 0 Å². The van der Waals surface area contributed by atoms with Crippen LogP contribution in [0.25, 0.3) is 11.4 Å². The van der Waals surface area contributed by atoms with E-state index in [1.165, 1.54) is 0 Å². The summed E-state index contributed by atoms with van der Waals surface area (Å²) in [5, 5.41) is 0. The van der Waals surface area contributed by atoms with Gasteiger partial charge in [0, 0.05) is 12.6 Å². The molecule has 146 valence electrons. The largest absolute Gasteiger partial charge is 0.383 e. The Kier molecular flexibility index (Phi) is 4.10. The number of fused-ring (bicyclic) bond motifs is 1. The average Bonchev–Trinajstić information content (AvgIpc) is 3.03. The van der Waals surface area contributed by atoms with E-state index in [2.05, 4.69) is 4.98 Å². The van der Waals surface area contributed by atoms with Crippen LogP contribution in [0.5, 0.6) is 0 Å². The number of hydrogen-bond acceptors (Lipinski definition) is 5. The lowest BCUT2D eigenvalue weighted by atomic mass is 9.79. The highest BCUT2D eigenvalue weighted by Gasteiger charge is 2.54. The lowest BCUT2D eigenvalue weighted by Crippen LogP contribution is -2.46. The minimum Gasteiger partial charge on any atom is -0.383 e. The standard InChI is InChI=1S/C25H20N4O/c1-29-24-20(22(26)27-23(28-24)17-11-5-2-6-12-17)21(30)25(29,18-13-7-3-8-14-18)19-15-9-4-10-16-19/h2-16H,1H3,(H2,26,27,28). The number of anilines is 2. The van der Waals surface area contributed by atoms with Gasteiger partial charge in [0.25, 0.3) is 0 Å².